The third-order valence-corrected chi connectivity index (χ3v) is 6.02. The van der Waals surface area contributed by atoms with Crippen molar-refractivity contribution in [1.82, 2.24) is 4.90 Å². The maximum atomic E-state index is 12.3. The van der Waals surface area contributed by atoms with Crippen LogP contribution in [-0.4, -0.2) is 29.6 Å². The summed E-state index contributed by atoms with van der Waals surface area (Å²) in [5.41, 5.74) is 1.68. The van der Waals surface area contributed by atoms with E-state index in [4.69, 9.17) is 4.74 Å². The van der Waals surface area contributed by atoms with Crippen LogP contribution in [0.3, 0.4) is 0 Å². The van der Waals surface area contributed by atoms with Crippen LogP contribution < -0.4 is 0 Å². The molecule has 1 saturated heterocycles. The second-order valence-corrected chi connectivity index (χ2v) is 8.28. The Bertz CT molecular complexity index is 553. The van der Waals surface area contributed by atoms with Crippen LogP contribution in [0.5, 0.6) is 0 Å². The van der Waals surface area contributed by atoms with Crippen LogP contribution in [0.2, 0.25) is 0 Å². The van der Waals surface area contributed by atoms with Gasteiger partial charge in [0, 0.05) is 12.1 Å². The molecule has 0 N–H and O–H groups in total. The first-order chi connectivity index (χ1) is 10.9. The number of methoxy groups -OCH3 is 1. The molecule has 1 aromatic carbocycles. The van der Waals surface area contributed by atoms with Crippen molar-refractivity contribution >= 4 is 5.97 Å². The molecule has 23 heavy (non-hydrogen) atoms. The van der Waals surface area contributed by atoms with Crippen LogP contribution in [-0.2, 0) is 16.1 Å². The summed E-state index contributed by atoms with van der Waals surface area (Å²) in [7, 11) is 1.51. The molecule has 2 atom stereocenters. The zero-order valence-corrected chi connectivity index (χ0v) is 14.8. The highest BCUT2D eigenvalue weighted by Crippen LogP contribution is 2.55. The van der Waals surface area contributed by atoms with Crippen LogP contribution in [0.1, 0.15) is 52.0 Å². The van der Waals surface area contributed by atoms with Gasteiger partial charge in [0.05, 0.1) is 7.11 Å². The van der Waals surface area contributed by atoms with Crippen molar-refractivity contribution in [2.24, 2.45) is 11.3 Å². The van der Waals surface area contributed by atoms with Crippen molar-refractivity contribution in [2.75, 3.05) is 7.11 Å². The Morgan fingerprint density at radius 3 is 2.35 bits per heavy atom. The fraction of sp³-hybridized carbons (Fsp3) is 0.650. The van der Waals surface area contributed by atoms with E-state index in [1.807, 2.05) is 6.07 Å². The van der Waals surface area contributed by atoms with Crippen molar-refractivity contribution in [3.63, 3.8) is 0 Å². The van der Waals surface area contributed by atoms with Gasteiger partial charge in [-0.05, 0) is 42.6 Å². The lowest BCUT2D eigenvalue weighted by molar-refractivity contribution is -0.141. The molecule has 1 aromatic rings. The molecule has 1 spiro atoms. The van der Waals surface area contributed by atoms with Gasteiger partial charge < -0.3 is 4.74 Å². The lowest BCUT2D eigenvalue weighted by Gasteiger charge is -2.37. The molecular formula is C20H29NO2. The van der Waals surface area contributed by atoms with Crippen LogP contribution in [0.25, 0.3) is 0 Å². The monoisotopic (exact) mass is 315 g/mol. The highest BCUT2D eigenvalue weighted by molar-refractivity contribution is 5.82. The first-order valence-electron chi connectivity index (χ1n) is 8.77. The Balaban J connectivity index is 1.73. The molecule has 126 valence electrons. The molecule has 1 saturated carbocycles. The normalized spacial score (nSPS) is 33.5. The zero-order valence-electron chi connectivity index (χ0n) is 14.8. The highest BCUT2D eigenvalue weighted by atomic mass is 16.5. The fourth-order valence-corrected chi connectivity index (χ4v) is 4.47. The third-order valence-electron chi connectivity index (χ3n) is 6.02. The van der Waals surface area contributed by atoms with Crippen molar-refractivity contribution in [3.8, 4) is 0 Å². The molecule has 3 nitrogen and oxygen atoms in total. The molecule has 3 rings (SSSR count). The molecule has 2 aliphatic rings. The van der Waals surface area contributed by atoms with Gasteiger partial charge in [-0.25, -0.2) is 0 Å². The van der Waals surface area contributed by atoms with Gasteiger partial charge in [0.25, 0.3) is 0 Å². The van der Waals surface area contributed by atoms with Crippen LogP contribution in [0.15, 0.2) is 30.3 Å². The van der Waals surface area contributed by atoms with Gasteiger partial charge in [0.1, 0.15) is 6.04 Å². The summed E-state index contributed by atoms with van der Waals surface area (Å²) < 4.78 is 5.08. The van der Waals surface area contributed by atoms with E-state index in [2.05, 4.69) is 49.9 Å². The van der Waals surface area contributed by atoms with E-state index < -0.39 is 0 Å². The summed E-state index contributed by atoms with van der Waals surface area (Å²) in [6.07, 6.45) is 4.65. The standard InChI is InChI=1S/C20H29NO2/c1-19(2,3)16-10-12-20(13-11-16)17(18(22)23-4)21(20)14-15-8-6-5-7-9-15/h5-9,16-17H,10-14H2,1-4H3. The molecule has 2 unspecified atom stereocenters. The highest BCUT2D eigenvalue weighted by Gasteiger charge is 2.67. The molecule has 2 fully saturated rings. The number of carbonyl (C=O) groups excluding carboxylic acids is 1. The van der Waals surface area contributed by atoms with Gasteiger partial charge in [-0.2, -0.15) is 0 Å². The van der Waals surface area contributed by atoms with E-state index in [0.717, 1.165) is 25.3 Å². The van der Waals surface area contributed by atoms with E-state index >= 15 is 0 Å². The fourth-order valence-electron chi connectivity index (χ4n) is 4.47. The van der Waals surface area contributed by atoms with Crippen LogP contribution in [0, 0.1) is 11.3 Å². The largest absolute Gasteiger partial charge is 0.468 e. The second kappa shape index (κ2) is 5.94. The van der Waals surface area contributed by atoms with Crippen molar-refractivity contribution in [1.29, 1.82) is 0 Å². The molecular weight excluding hydrogens is 286 g/mol. The maximum absolute atomic E-state index is 12.3. The average molecular weight is 315 g/mol. The van der Waals surface area contributed by atoms with E-state index in [1.54, 1.807) is 0 Å². The van der Waals surface area contributed by atoms with E-state index in [1.165, 1.54) is 25.5 Å². The van der Waals surface area contributed by atoms with Crippen molar-refractivity contribution in [3.05, 3.63) is 35.9 Å². The smallest absolute Gasteiger partial charge is 0.325 e. The van der Waals surface area contributed by atoms with E-state index in [0.29, 0.717) is 5.41 Å². The van der Waals surface area contributed by atoms with Gasteiger partial charge in [-0.15, -0.1) is 0 Å². The van der Waals surface area contributed by atoms with Gasteiger partial charge in [0.2, 0.25) is 0 Å². The minimum Gasteiger partial charge on any atom is -0.468 e. The van der Waals surface area contributed by atoms with Crippen LogP contribution in [0.4, 0.5) is 0 Å². The average Bonchev–Trinajstić information content (AvgIpc) is 3.12. The van der Waals surface area contributed by atoms with Gasteiger partial charge in [-0.3, -0.25) is 9.69 Å². The van der Waals surface area contributed by atoms with E-state index in [-0.39, 0.29) is 17.6 Å². The molecule has 1 heterocycles. The quantitative estimate of drug-likeness (QED) is 0.623. The maximum Gasteiger partial charge on any atom is 0.325 e. The summed E-state index contributed by atoms with van der Waals surface area (Å²) in [5, 5.41) is 0. The first-order valence-corrected chi connectivity index (χ1v) is 8.77. The lowest BCUT2D eigenvalue weighted by Crippen LogP contribution is -2.33. The summed E-state index contributed by atoms with van der Waals surface area (Å²) >= 11 is 0. The predicted octanol–water partition coefficient (Wildman–Crippen LogP) is 4.02. The van der Waals surface area contributed by atoms with Crippen molar-refractivity contribution < 1.29 is 9.53 Å². The number of benzene rings is 1. The molecule has 3 heteroatoms. The number of esters is 1. The number of ether oxygens (including phenoxy) is 1. The molecule has 1 aliphatic carbocycles. The van der Waals surface area contributed by atoms with Gasteiger partial charge in [0.15, 0.2) is 0 Å². The molecule has 1 aliphatic heterocycles. The zero-order chi connectivity index (χ0) is 16.7. The van der Waals surface area contributed by atoms with E-state index in [9.17, 15) is 4.79 Å². The summed E-state index contributed by atoms with van der Waals surface area (Å²) in [4.78, 5) is 14.6. The summed E-state index contributed by atoms with van der Waals surface area (Å²) in [5.74, 6) is 0.695. The Morgan fingerprint density at radius 2 is 1.83 bits per heavy atom. The minimum absolute atomic E-state index is 0.0463. The SMILES string of the molecule is COC(=O)C1N(Cc2ccccc2)C12CCC(C(C)(C)C)CC2. The van der Waals surface area contributed by atoms with Crippen molar-refractivity contribution in [2.45, 2.75) is 64.6 Å². The summed E-state index contributed by atoms with van der Waals surface area (Å²) in [6, 6.07) is 10.4. The number of rotatable bonds is 3. The Hall–Kier alpha value is -1.35. The third kappa shape index (κ3) is 3.03. The molecule has 0 bridgehead atoms. The number of carbonyl (C=O) groups is 1. The molecule has 0 radical (unpaired) electrons. The minimum atomic E-state index is -0.0601. The van der Waals surface area contributed by atoms with Gasteiger partial charge >= 0.3 is 5.97 Å². The first kappa shape index (κ1) is 16.5. The Kier molecular flexibility index (Phi) is 4.26. The van der Waals surface area contributed by atoms with Crippen LogP contribution >= 0.6 is 0 Å². The predicted molar refractivity (Wildman–Crippen MR) is 91.9 cm³/mol. The topological polar surface area (TPSA) is 29.3 Å². The lowest BCUT2D eigenvalue weighted by atomic mass is 9.69. The number of hydrogen-bond donors (Lipinski definition) is 0. The number of nitrogens with zero attached hydrogens (tertiary/aromatic N) is 1. The Morgan fingerprint density at radius 1 is 1.22 bits per heavy atom. The summed E-state index contributed by atoms with van der Waals surface area (Å²) in [6.45, 7) is 7.85. The van der Waals surface area contributed by atoms with Gasteiger partial charge in [-0.1, -0.05) is 51.1 Å². The molecule has 0 aromatic heterocycles. The second-order valence-electron chi connectivity index (χ2n) is 8.28. The molecule has 0 amide bonds. The Labute approximate surface area is 140 Å². The number of hydrogen-bond acceptors (Lipinski definition) is 3.